The molecule has 10 heteroatoms. The Labute approximate surface area is 133 Å². The van der Waals surface area contributed by atoms with Crippen molar-refractivity contribution in [1.29, 1.82) is 0 Å². The van der Waals surface area contributed by atoms with E-state index >= 15 is 0 Å². The number of amides is 2. The first-order chi connectivity index (χ1) is 10.7. The molecule has 126 valence electrons. The van der Waals surface area contributed by atoms with Gasteiger partial charge in [-0.05, 0) is 26.0 Å². The standard InChI is InChI=1S/C13H17N3O6S/c1-8(2)14-11(17)12(18)15-16-23(20,21)10-7-5-4-6-9(10)13(19)22-3/h4-8,16H,1-3H3,(H,14,17)(H,15,18). The quantitative estimate of drug-likeness (QED) is 0.368. The molecule has 0 bridgehead atoms. The predicted molar refractivity (Wildman–Crippen MR) is 79.5 cm³/mol. The maximum Gasteiger partial charge on any atom is 0.339 e. The van der Waals surface area contributed by atoms with Crippen molar-refractivity contribution in [3.8, 4) is 0 Å². The molecule has 2 amide bonds. The van der Waals surface area contributed by atoms with E-state index in [2.05, 4.69) is 10.1 Å². The Morgan fingerprint density at radius 1 is 1.09 bits per heavy atom. The van der Waals surface area contributed by atoms with Crippen molar-refractivity contribution >= 4 is 27.8 Å². The number of carbonyl (C=O) groups excluding carboxylic acids is 3. The zero-order valence-corrected chi connectivity index (χ0v) is 13.6. The van der Waals surface area contributed by atoms with Crippen molar-refractivity contribution in [2.24, 2.45) is 0 Å². The molecule has 0 aliphatic heterocycles. The molecule has 1 aromatic rings. The molecule has 0 fully saturated rings. The van der Waals surface area contributed by atoms with Gasteiger partial charge in [0.25, 0.3) is 10.0 Å². The summed E-state index contributed by atoms with van der Waals surface area (Å²) < 4.78 is 28.8. The summed E-state index contributed by atoms with van der Waals surface area (Å²) in [6.45, 7) is 3.28. The van der Waals surface area contributed by atoms with Crippen LogP contribution in [0.5, 0.6) is 0 Å². The highest BCUT2D eigenvalue weighted by molar-refractivity contribution is 7.89. The lowest BCUT2D eigenvalue weighted by Crippen LogP contribution is -2.49. The molecule has 0 spiro atoms. The highest BCUT2D eigenvalue weighted by Crippen LogP contribution is 2.15. The molecule has 9 nitrogen and oxygen atoms in total. The summed E-state index contributed by atoms with van der Waals surface area (Å²) in [5.74, 6) is -3.03. The van der Waals surface area contributed by atoms with Gasteiger partial charge in [-0.2, -0.15) is 0 Å². The number of hydrogen-bond donors (Lipinski definition) is 3. The summed E-state index contributed by atoms with van der Waals surface area (Å²) in [6, 6.07) is 4.99. The summed E-state index contributed by atoms with van der Waals surface area (Å²) in [6.07, 6.45) is 0. The molecule has 1 rings (SSSR count). The van der Waals surface area contributed by atoms with Gasteiger partial charge in [0, 0.05) is 6.04 Å². The smallest absolute Gasteiger partial charge is 0.339 e. The van der Waals surface area contributed by atoms with Crippen LogP contribution in [-0.4, -0.2) is 39.4 Å². The summed E-state index contributed by atoms with van der Waals surface area (Å²) >= 11 is 0. The molecule has 23 heavy (non-hydrogen) atoms. The van der Waals surface area contributed by atoms with E-state index in [4.69, 9.17) is 0 Å². The monoisotopic (exact) mass is 343 g/mol. The van der Waals surface area contributed by atoms with Crippen LogP contribution in [0.25, 0.3) is 0 Å². The minimum atomic E-state index is -4.27. The normalized spacial score (nSPS) is 11.0. The minimum absolute atomic E-state index is 0.205. The van der Waals surface area contributed by atoms with Gasteiger partial charge in [-0.1, -0.05) is 12.1 Å². The molecule has 0 saturated heterocycles. The maximum absolute atomic E-state index is 12.2. The number of hydrazine groups is 1. The van der Waals surface area contributed by atoms with Crippen LogP contribution in [0, 0.1) is 0 Å². The largest absolute Gasteiger partial charge is 0.465 e. The Hall–Kier alpha value is -2.46. The Morgan fingerprint density at radius 3 is 2.26 bits per heavy atom. The third-order valence-corrected chi connectivity index (χ3v) is 3.81. The molecule has 0 aliphatic rings. The second kappa shape index (κ2) is 7.70. The highest BCUT2D eigenvalue weighted by atomic mass is 32.2. The molecule has 3 N–H and O–H groups in total. The van der Waals surface area contributed by atoms with E-state index in [0.29, 0.717) is 0 Å². The van der Waals surface area contributed by atoms with Gasteiger partial charge in [-0.25, -0.2) is 13.2 Å². The van der Waals surface area contributed by atoms with E-state index in [1.165, 1.54) is 18.2 Å². The highest BCUT2D eigenvalue weighted by Gasteiger charge is 2.24. The van der Waals surface area contributed by atoms with Crippen LogP contribution in [0.2, 0.25) is 0 Å². The van der Waals surface area contributed by atoms with Gasteiger partial charge in [0.1, 0.15) is 0 Å². The zero-order valence-electron chi connectivity index (χ0n) is 12.7. The third kappa shape index (κ3) is 5.04. The average molecular weight is 343 g/mol. The number of ether oxygens (including phenoxy) is 1. The molecule has 0 unspecified atom stereocenters. The van der Waals surface area contributed by atoms with Crippen molar-refractivity contribution < 1.29 is 27.5 Å². The Bertz CT molecular complexity index is 714. The lowest BCUT2D eigenvalue weighted by atomic mass is 10.2. The Kier molecular flexibility index (Phi) is 6.22. The molecule has 0 saturated carbocycles. The molecule has 0 aliphatic carbocycles. The Morgan fingerprint density at radius 2 is 1.70 bits per heavy atom. The van der Waals surface area contributed by atoms with Gasteiger partial charge < -0.3 is 10.1 Å². The summed E-state index contributed by atoms with van der Waals surface area (Å²) in [4.78, 5) is 35.8. The maximum atomic E-state index is 12.2. The number of carbonyl (C=O) groups is 3. The molecule has 1 aromatic carbocycles. The van der Waals surface area contributed by atoms with Crippen molar-refractivity contribution in [3.05, 3.63) is 29.8 Å². The molecule has 0 aromatic heterocycles. The van der Waals surface area contributed by atoms with E-state index in [-0.39, 0.29) is 11.6 Å². The van der Waals surface area contributed by atoms with Crippen molar-refractivity contribution in [1.82, 2.24) is 15.6 Å². The minimum Gasteiger partial charge on any atom is -0.465 e. The van der Waals surface area contributed by atoms with Crippen LogP contribution in [0.4, 0.5) is 0 Å². The first-order valence-corrected chi connectivity index (χ1v) is 7.97. The average Bonchev–Trinajstić information content (AvgIpc) is 2.51. The molecular formula is C13H17N3O6S. The van der Waals surface area contributed by atoms with Crippen molar-refractivity contribution in [2.75, 3.05) is 7.11 Å². The van der Waals surface area contributed by atoms with Crippen LogP contribution < -0.4 is 15.6 Å². The third-order valence-electron chi connectivity index (χ3n) is 2.51. The zero-order chi connectivity index (χ0) is 17.6. The Balaban J connectivity index is 2.91. The number of benzene rings is 1. The van der Waals surface area contributed by atoms with E-state index in [9.17, 15) is 22.8 Å². The topological polar surface area (TPSA) is 131 Å². The molecule has 0 radical (unpaired) electrons. The van der Waals surface area contributed by atoms with E-state index in [0.717, 1.165) is 13.2 Å². The molecular weight excluding hydrogens is 326 g/mol. The van der Waals surface area contributed by atoms with Crippen LogP contribution in [-0.2, 0) is 24.3 Å². The summed E-state index contributed by atoms with van der Waals surface area (Å²) in [5.41, 5.74) is 1.56. The SMILES string of the molecule is COC(=O)c1ccccc1S(=O)(=O)NNC(=O)C(=O)NC(C)C. The van der Waals surface area contributed by atoms with Crippen molar-refractivity contribution in [3.63, 3.8) is 0 Å². The number of esters is 1. The van der Waals surface area contributed by atoms with E-state index < -0.39 is 32.7 Å². The van der Waals surface area contributed by atoms with E-state index in [1.807, 2.05) is 0 Å². The molecule has 0 heterocycles. The fraction of sp³-hybridized carbons (Fsp3) is 0.308. The second-order valence-electron chi connectivity index (χ2n) is 4.68. The van der Waals surface area contributed by atoms with Crippen LogP contribution in [0.15, 0.2) is 29.2 Å². The van der Waals surface area contributed by atoms with E-state index in [1.54, 1.807) is 24.1 Å². The van der Waals surface area contributed by atoms with Gasteiger partial charge in [-0.15, -0.1) is 4.83 Å². The number of sulfonamides is 1. The fourth-order valence-electron chi connectivity index (χ4n) is 1.53. The van der Waals surface area contributed by atoms with Crippen LogP contribution >= 0.6 is 0 Å². The first kappa shape index (κ1) is 18.6. The van der Waals surface area contributed by atoms with Gasteiger partial charge in [-0.3, -0.25) is 15.0 Å². The van der Waals surface area contributed by atoms with Gasteiger partial charge in [0.05, 0.1) is 17.6 Å². The van der Waals surface area contributed by atoms with Gasteiger partial charge in [0.2, 0.25) is 0 Å². The number of nitrogens with one attached hydrogen (secondary N) is 3. The lowest BCUT2D eigenvalue weighted by molar-refractivity contribution is -0.139. The predicted octanol–water partition coefficient (Wildman–Crippen LogP) is -0.693. The first-order valence-electron chi connectivity index (χ1n) is 6.49. The number of hydrogen-bond acceptors (Lipinski definition) is 6. The number of methoxy groups -OCH3 is 1. The summed E-state index contributed by atoms with van der Waals surface area (Å²) in [7, 11) is -3.16. The molecule has 0 atom stereocenters. The fourth-order valence-corrected chi connectivity index (χ4v) is 2.57. The van der Waals surface area contributed by atoms with Crippen LogP contribution in [0.3, 0.4) is 0 Å². The summed E-state index contributed by atoms with van der Waals surface area (Å²) in [5, 5.41) is 2.30. The van der Waals surface area contributed by atoms with Crippen LogP contribution in [0.1, 0.15) is 24.2 Å². The lowest BCUT2D eigenvalue weighted by Gasteiger charge is -2.12. The number of rotatable bonds is 5. The van der Waals surface area contributed by atoms with Gasteiger partial charge >= 0.3 is 17.8 Å². The van der Waals surface area contributed by atoms with Crippen molar-refractivity contribution in [2.45, 2.75) is 24.8 Å². The van der Waals surface area contributed by atoms with Gasteiger partial charge in [0.15, 0.2) is 0 Å². The second-order valence-corrected chi connectivity index (χ2v) is 6.33.